The van der Waals surface area contributed by atoms with E-state index in [1.807, 2.05) is 0 Å². The second kappa shape index (κ2) is 6.43. The van der Waals surface area contributed by atoms with E-state index in [0.717, 1.165) is 12.1 Å². The van der Waals surface area contributed by atoms with Crippen molar-refractivity contribution in [1.29, 1.82) is 0 Å². The quantitative estimate of drug-likeness (QED) is 0.788. The van der Waals surface area contributed by atoms with Crippen molar-refractivity contribution in [2.75, 3.05) is 19.6 Å². The van der Waals surface area contributed by atoms with Gasteiger partial charge in [0.05, 0.1) is 17.5 Å². The van der Waals surface area contributed by atoms with E-state index >= 15 is 0 Å². The van der Waals surface area contributed by atoms with E-state index in [1.165, 1.54) is 11.0 Å². The molecule has 0 radical (unpaired) electrons. The summed E-state index contributed by atoms with van der Waals surface area (Å²) in [7, 11) is -4.81. The number of piperazine rings is 1. The molecule has 144 valence electrons. The Morgan fingerprint density at radius 2 is 2.08 bits per heavy atom. The highest BCUT2D eigenvalue weighted by Gasteiger charge is 2.47. The largest absolute Gasteiger partial charge is 0.485 e. The van der Waals surface area contributed by atoms with Gasteiger partial charge in [-0.15, -0.1) is 0 Å². The molecule has 1 aromatic rings. The van der Waals surface area contributed by atoms with Gasteiger partial charge < -0.3 is 20.1 Å². The Kier molecular flexibility index (Phi) is 4.70. The summed E-state index contributed by atoms with van der Waals surface area (Å²) in [6.45, 7) is 4.16. The van der Waals surface area contributed by atoms with Crippen molar-refractivity contribution in [2.24, 2.45) is 0 Å². The summed E-state index contributed by atoms with van der Waals surface area (Å²) in [5, 5.41) is 13.7. The number of rotatable bonds is 3. The Balaban J connectivity index is 2.14. The number of carbonyl (C=O) groups excluding carboxylic acids is 1. The fourth-order valence-corrected chi connectivity index (χ4v) is 4.03. The van der Waals surface area contributed by atoms with Gasteiger partial charge in [-0.1, -0.05) is 0 Å². The van der Waals surface area contributed by atoms with Gasteiger partial charge >= 0.3 is 5.76 Å². The number of hydrogen-bond acceptors (Lipinski definition) is 6. The van der Waals surface area contributed by atoms with E-state index < -0.39 is 38.2 Å². The maximum atomic E-state index is 12.9. The lowest BCUT2D eigenvalue weighted by Gasteiger charge is -2.47. The van der Waals surface area contributed by atoms with Crippen LogP contribution in [0.25, 0.3) is 0 Å². The molecule has 0 aromatic heterocycles. The molecule has 2 aliphatic rings. The average molecular weight is 390 g/mol. The number of halogens is 2. The summed E-state index contributed by atoms with van der Waals surface area (Å²) in [6.07, 6.45) is -1.17. The molecule has 0 saturated carbocycles. The predicted octanol–water partition coefficient (Wildman–Crippen LogP) is 0.688. The molecule has 2 atom stereocenters. The molecule has 0 spiro atoms. The van der Waals surface area contributed by atoms with E-state index in [1.54, 1.807) is 13.8 Å². The summed E-state index contributed by atoms with van der Waals surface area (Å²) >= 11 is 0. The highest BCUT2D eigenvalue weighted by atomic mass is 32.2. The van der Waals surface area contributed by atoms with Gasteiger partial charge in [0, 0.05) is 18.7 Å². The van der Waals surface area contributed by atoms with Crippen molar-refractivity contribution in [2.45, 2.75) is 42.2 Å². The number of hydrogen-bond donors (Lipinski definition) is 2. The molecule has 1 aromatic carbocycles. The minimum Gasteiger partial charge on any atom is -0.485 e. The van der Waals surface area contributed by atoms with E-state index in [2.05, 4.69) is 5.32 Å². The molecule has 10 heteroatoms. The molecule has 3 rings (SSSR count). The van der Waals surface area contributed by atoms with Crippen molar-refractivity contribution in [3.8, 4) is 5.75 Å². The van der Waals surface area contributed by atoms with Gasteiger partial charge in [-0.05, 0) is 32.0 Å². The van der Waals surface area contributed by atoms with Gasteiger partial charge in [-0.25, -0.2) is 8.42 Å². The Hall–Kier alpha value is -1.78. The molecule has 2 unspecified atom stereocenters. The van der Waals surface area contributed by atoms with Crippen molar-refractivity contribution in [3.05, 3.63) is 23.8 Å². The van der Waals surface area contributed by atoms with Gasteiger partial charge in [0.1, 0.15) is 17.5 Å². The number of carbonyl (C=O) groups is 1. The fraction of sp³-hybridized carbons (Fsp3) is 0.562. The summed E-state index contributed by atoms with van der Waals surface area (Å²) in [4.78, 5) is 13.2. The first kappa shape index (κ1) is 19.0. The van der Waals surface area contributed by atoms with Crippen LogP contribution >= 0.6 is 0 Å². The number of aliphatic hydroxyl groups excluding tert-OH is 1. The molecule has 2 N–H and O–H groups in total. The normalized spacial score (nSPS) is 25.8. The molecule has 0 aliphatic carbocycles. The van der Waals surface area contributed by atoms with Gasteiger partial charge in [0.15, 0.2) is 0 Å². The Morgan fingerprint density at radius 3 is 2.69 bits per heavy atom. The molecule has 1 saturated heterocycles. The molecular weight excluding hydrogens is 370 g/mol. The molecular formula is C16H20F2N2O5S. The van der Waals surface area contributed by atoms with Crippen LogP contribution in [0.2, 0.25) is 0 Å². The SMILES string of the molecule is CC1(C)Oc2ccc(S(=O)(=O)C(F)F)cc2C(N2CCNCC2=O)C1O. The number of nitrogens with zero attached hydrogens (tertiary/aromatic N) is 1. The maximum absolute atomic E-state index is 12.9. The average Bonchev–Trinajstić information content (AvgIpc) is 2.56. The molecule has 1 amide bonds. The van der Waals surface area contributed by atoms with Crippen LogP contribution in [-0.4, -0.2) is 61.4 Å². The molecule has 0 bridgehead atoms. The molecule has 7 nitrogen and oxygen atoms in total. The fourth-order valence-electron chi connectivity index (χ4n) is 3.28. The first-order chi connectivity index (χ1) is 12.1. The van der Waals surface area contributed by atoms with Crippen LogP contribution < -0.4 is 10.1 Å². The third-order valence-electron chi connectivity index (χ3n) is 4.71. The van der Waals surface area contributed by atoms with Crippen molar-refractivity contribution >= 4 is 15.7 Å². The van der Waals surface area contributed by atoms with Gasteiger partial charge in [0.2, 0.25) is 15.7 Å². The van der Waals surface area contributed by atoms with E-state index in [4.69, 9.17) is 4.74 Å². The van der Waals surface area contributed by atoms with Crippen LogP contribution in [0.4, 0.5) is 8.78 Å². The Morgan fingerprint density at radius 1 is 1.38 bits per heavy atom. The smallest absolute Gasteiger partial charge is 0.341 e. The number of benzene rings is 1. The lowest BCUT2D eigenvalue weighted by Crippen LogP contribution is -2.58. The lowest BCUT2D eigenvalue weighted by molar-refractivity contribution is -0.145. The number of aliphatic hydroxyl groups is 1. The Bertz CT molecular complexity index is 828. The van der Waals surface area contributed by atoms with Gasteiger partial charge in [-0.2, -0.15) is 8.78 Å². The highest BCUT2D eigenvalue weighted by Crippen LogP contribution is 2.44. The first-order valence-electron chi connectivity index (χ1n) is 8.09. The van der Waals surface area contributed by atoms with Crippen molar-refractivity contribution in [3.63, 3.8) is 0 Å². The summed E-state index contributed by atoms with van der Waals surface area (Å²) in [5.41, 5.74) is -0.847. The van der Waals surface area contributed by atoms with Crippen LogP contribution in [0.1, 0.15) is 25.5 Å². The highest BCUT2D eigenvalue weighted by molar-refractivity contribution is 7.91. The zero-order chi connectivity index (χ0) is 19.3. The summed E-state index contributed by atoms with van der Waals surface area (Å²) in [6, 6.07) is 2.51. The second-order valence-corrected chi connectivity index (χ2v) is 8.78. The number of nitrogens with one attached hydrogen (secondary N) is 1. The van der Waals surface area contributed by atoms with E-state index in [9.17, 15) is 27.1 Å². The maximum Gasteiger partial charge on any atom is 0.341 e. The van der Waals surface area contributed by atoms with Crippen LogP contribution in [-0.2, 0) is 14.6 Å². The lowest BCUT2D eigenvalue weighted by atomic mass is 9.85. The topological polar surface area (TPSA) is 95.9 Å². The summed E-state index contributed by atoms with van der Waals surface area (Å²) < 4.78 is 55.2. The second-order valence-electron chi connectivity index (χ2n) is 6.86. The Labute approximate surface area is 149 Å². The standard InChI is InChI=1S/C16H20F2N2O5S/c1-16(2)14(22)13(20-6-5-19-8-12(20)21)10-7-9(3-4-11(10)25-16)26(23,24)15(17)18/h3-4,7,13-15,19,22H,5-6,8H2,1-2H3. The van der Waals surface area contributed by atoms with Gasteiger partial charge in [-0.3, -0.25) is 4.79 Å². The van der Waals surface area contributed by atoms with Crippen LogP contribution in [0.3, 0.4) is 0 Å². The summed E-state index contributed by atoms with van der Waals surface area (Å²) in [5.74, 6) is -3.58. The van der Waals surface area contributed by atoms with E-state index in [-0.39, 0.29) is 23.8 Å². The third-order valence-corrected chi connectivity index (χ3v) is 6.09. The monoisotopic (exact) mass is 390 g/mol. The van der Waals surface area contributed by atoms with Crippen LogP contribution in [0, 0.1) is 0 Å². The molecule has 2 aliphatic heterocycles. The first-order valence-corrected chi connectivity index (χ1v) is 9.63. The van der Waals surface area contributed by atoms with E-state index in [0.29, 0.717) is 13.1 Å². The van der Waals surface area contributed by atoms with Crippen LogP contribution in [0.15, 0.2) is 23.1 Å². The number of ether oxygens (including phenoxy) is 1. The number of amides is 1. The molecule has 1 fully saturated rings. The zero-order valence-corrected chi connectivity index (χ0v) is 15.1. The number of fused-ring (bicyclic) bond motifs is 1. The third kappa shape index (κ3) is 3.06. The zero-order valence-electron chi connectivity index (χ0n) is 14.3. The predicted molar refractivity (Wildman–Crippen MR) is 87.7 cm³/mol. The van der Waals surface area contributed by atoms with Gasteiger partial charge in [0.25, 0.3) is 0 Å². The number of sulfone groups is 1. The number of alkyl halides is 2. The van der Waals surface area contributed by atoms with Crippen molar-refractivity contribution < 1.29 is 31.8 Å². The molecule has 2 heterocycles. The van der Waals surface area contributed by atoms with Crippen molar-refractivity contribution in [1.82, 2.24) is 10.2 Å². The minimum atomic E-state index is -4.81. The molecule has 26 heavy (non-hydrogen) atoms. The van der Waals surface area contributed by atoms with Crippen LogP contribution in [0.5, 0.6) is 5.75 Å². The minimum absolute atomic E-state index is 0.0782.